The lowest BCUT2D eigenvalue weighted by Crippen LogP contribution is -2.59. The molecule has 0 unspecified atom stereocenters. The maximum atomic E-state index is 13.4. The standard InChI is InChI=1S/C21H35N3O2S/c25-20(18-7-3-4-8-18)23-11-9-22(10-12-23)19(17-5-1-2-6-17)21(26)24-13-15-27-16-14-24/h17-19H,1-16H2/t19-/m0/s1. The summed E-state index contributed by atoms with van der Waals surface area (Å²) in [4.78, 5) is 32.8. The fourth-order valence-corrected chi connectivity index (χ4v) is 6.45. The highest BCUT2D eigenvalue weighted by molar-refractivity contribution is 7.99. The van der Waals surface area contributed by atoms with Gasteiger partial charge in [-0.25, -0.2) is 0 Å². The molecule has 0 radical (unpaired) electrons. The number of hydrogen-bond acceptors (Lipinski definition) is 4. The van der Waals surface area contributed by atoms with Gasteiger partial charge in [-0.05, 0) is 31.6 Å². The number of hydrogen-bond donors (Lipinski definition) is 0. The van der Waals surface area contributed by atoms with Gasteiger partial charge in [0.15, 0.2) is 0 Å². The van der Waals surface area contributed by atoms with E-state index in [4.69, 9.17) is 0 Å². The van der Waals surface area contributed by atoms with Crippen molar-refractivity contribution < 1.29 is 9.59 Å². The van der Waals surface area contributed by atoms with Crippen LogP contribution in [0.2, 0.25) is 0 Å². The first-order valence-corrected chi connectivity index (χ1v) is 12.3. The van der Waals surface area contributed by atoms with Gasteiger partial charge in [-0.1, -0.05) is 25.7 Å². The van der Waals surface area contributed by atoms with E-state index in [2.05, 4.69) is 14.7 Å². The van der Waals surface area contributed by atoms with E-state index < -0.39 is 0 Å². The summed E-state index contributed by atoms with van der Waals surface area (Å²) in [6.45, 7) is 5.17. The van der Waals surface area contributed by atoms with Gasteiger partial charge in [-0.2, -0.15) is 11.8 Å². The maximum Gasteiger partial charge on any atom is 0.240 e. The molecule has 2 saturated carbocycles. The van der Waals surface area contributed by atoms with Crippen LogP contribution in [0.1, 0.15) is 51.4 Å². The summed E-state index contributed by atoms with van der Waals surface area (Å²) < 4.78 is 0. The predicted octanol–water partition coefficient (Wildman–Crippen LogP) is 2.46. The minimum absolute atomic E-state index is 0.0549. The molecule has 152 valence electrons. The molecule has 0 aromatic heterocycles. The Hall–Kier alpha value is -0.750. The van der Waals surface area contributed by atoms with Crippen molar-refractivity contribution in [2.75, 3.05) is 50.8 Å². The number of piperazine rings is 1. The van der Waals surface area contributed by atoms with Gasteiger partial charge in [-0.15, -0.1) is 0 Å². The molecule has 4 aliphatic rings. The van der Waals surface area contributed by atoms with Gasteiger partial charge in [0.1, 0.15) is 0 Å². The van der Waals surface area contributed by atoms with Gasteiger partial charge < -0.3 is 9.80 Å². The second-order valence-electron chi connectivity index (χ2n) is 8.77. The molecule has 0 bridgehead atoms. The van der Waals surface area contributed by atoms with E-state index in [0.29, 0.717) is 17.7 Å². The van der Waals surface area contributed by atoms with Crippen LogP contribution in [0.25, 0.3) is 0 Å². The van der Waals surface area contributed by atoms with Crippen LogP contribution >= 0.6 is 11.8 Å². The monoisotopic (exact) mass is 393 g/mol. The van der Waals surface area contributed by atoms with Gasteiger partial charge in [0.2, 0.25) is 11.8 Å². The molecule has 4 fully saturated rings. The number of nitrogens with zero attached hydrogens (tertiary/aromatic N) is 3. The molecule has 6 heteroatoms. The van der Waals surface area contributed by atoms with Crippen molar-refractivity contribution in [2.45, 2.75) is 57.4 Å². The first kappa shape index (κ1) is 19.6. The Bertz CT molecular complexity index is 518. The van der Waals surface area contributed by atoms with E-state index in [1.54, 1.807) is 0 Å². The van der Waals surface area contributed by atoms with E-state index in [1.165, 1.54) is 38.5 Å². The Labute approximate surface area is 168 Å². The molecule has 4 rings (SSSR count). The quantitative estimate of drug-likeness (QED) is 0.736. The fraction of sp³-hybridized carbons (Fsp3) is 0.905. The molecule has 2 amide bonds. The molecular formula is C21H35N3O2S. The van der Waals surface area contributed by atoms with Crippen LogP contribution in [0.5, 0.6) is 0 Å². The van der Waals surface area contributed by atoms with Gasteiger partial charge in [-0.3, -0.25) is 14.5 Å². The van der Waals surface area contributed by atoms with Crippen molar-refractivity contribution in [1.29, 1.82) is 0 Å². The van der Waals surface area contributed by atoms with Gasteiger partial charge >= 0.3 is 0 Å². The highest BCUT2D eigenvalue weighted by Gasteiger charge is 2.40. The molecule has 2 saturated heterocycles. The molecule has 0 N–H and O–H groups in total. The second-order valence-corrected chi connectivity index (χ2v) is 9.99. The molecule has 27 heavy (non-hydrogen) atoms. The Balaban J connectivity index is 1.38. The van der Waals surface area contributed by atoms with Gasteiger partial charge in [0.25, 0.3) is 0 Å². The zero-order chi connectivity index (χ0) is 18.6. The van der Waals surface area contributed by atoms with Crippen LogP contribution in [-0.2, 0) is 9.59 Å². The van der Waals surface area contributed by atoms with E-state index in [-0.39, 0.29) is 12.0 Å². The third-order valence-corrected chi connectivity index (χ3v) is 8.09. The lowest BCUT2D eigenvalue weighted by molar-refractivity contribution is -0.142. The third kappa shape index (κ3) is 4.47. The van der Waals surface area contributed by atoms with Crippen LogP contribution in [0.15, 0.2) is 0 Å². The Morgan fingerprint density at radius 3 is 1.96 bits per heavy atom. The van der Waals surface area contributed by atoms with Crippen LogP contribution < -0.4 is 0 Å². The summed E-state index contributed by atoms with van der Waals surface area (Å²) >= 11 is 1.96. The second kappa shape index (κ2) is 9.17. The zero-order valence-electron chi connectivity index (χ0n) is 16.6. The summed E-state index contributed by atoms with van der Waals surface area (Å²) in [6, 6.07) is 0.0549. The molecule has 0 aromatic carbocycles. The lowest BCUT2D eigenvalue weighted by Gasteiger charge is -2.43. The van der Waals surface area contributed by atoms with E-state index in [1.807, 2.05) is 11.8 Å². The summed E-state index contributed by atoms with van der Waals surface area (Å²) in [7, 11) is 0. The van der Waals surface area contributed by atoms with Crippen molar-refractivity contribution in [3.8, 4) is 0 Å². The van der Waals surface area contributed by atoms with Crippen molar-refractivity contribution in [3.05, 3.63) is 0 Å². The number of thioether (sulfide) groups is 1. The summed E-state index contributed by atoms with van der Waals surface area (Å²) in [5.41, 5.74) is 0. The highest BCUT2D eigenvalue weighted by atomic mass is 32.2. The van der Waals surface area contributed by atoms with Gasteiger partial charge in [0, 0.05) is 56.7 Å². The topological polar surface area (TPSA) is 43.9 Å². The highest BCUT2D eigenvalue weighted by Crippen LogP contribution is 2.33. The van der Waals surface area contributed by atoms with E-state index in [9.17, 15) is 9.59 Å². The van der Waals surface area contributed by atoms with Crippen LogP contribution in [0.3, 0.4) is 0 Å². The largest absolute Gasteiger partial charge is 0.340 e. The SMILES string of the molecule is O=C(C1CCCC1)N1CCN([C@H](C(=O)N2CCSCC2)C2CCCC2)CC1. The molecule has 0 spiro atoms. The summed E-state index contributed by atoms with van der Waals surface area (Å²) in [5.74, 6) is 3.69. The molecular weight excluding hydrogens is 358 g/mol. The summed E-state index contributed by atoms with van der Waals surface area (Å²) in [5, 5.41) is 0. The first-order valence-electron chi connectivity index (χ1n) is 11.1. The minimum Gasteiger partial charge on any atom is -0.340 e. The molecule has 0 aromatic rings. The molecule has 5 nitrogen and oxygen atoms in total. The number of carbonyl (C=O) groups is 2. The van der Waals surface area contributed by atoms with Crippen molar-refractivity contribution in [2.24, 2.45) is 11.8 Å². The number of rotatable bonds is 4. The Morgan fingerprint density at radius 2 is 1.33 bits per heavy atom. The zero-order valence-corrected chi connectivity index (χ0v) is 17.4. The molecule has 2 aliphatic heterocycles. The minimum atomic E-state index is 0.0549. The smallest absolute Gasteiger partial charge is 0.240 e. The number of carbonyl (C=O) groups excluding carboxylic acids is 2. The fourth-order valence-electron chi connectivity index (χ4n) is 5.55. The van der Waals surface area contributed by atoms with Crippen LogP contribution in [-0.4, -0.2) is 83.3 Å². The van der Waals surface area contributed by atoms with Crippen molar-refractivity contribution in [1.82, 2.24) is 14.7 Å². The first-order chi connectivity index (χ1) is 13.2. The third-order valence-electron chi connectivity index (χ3n) is 7.15. The molecule has 1 atom stereocenters. The average Bonchev–Trinajstić information content (AvgIpc) is 3.43. The van der Waals surface area contributed by atoms with Crippen LogP contribution in [0.4, 0.5) is 0 Å². The molecule has 2 aliphatic carbocycles. The van der Waals surface area contributed by atoms with Crippen molar-refractivity contribution >= 4 is 23.6 Å². The maximum absolute atomic E-state index is 13.4. The normalized spacial score (nSPS) is 27.3. The Morgan fingerprint density at radius 1 is 0.741 bits per heavy atom. The predicted molar refractivity (Wildman–Crippen MR) is 110 cm³/mol. The van der Waals surface area contributed by atoms with E-state index >= 15 is 0 Å². The number of amides is 2. The van der Waals surface area contributed by atoms with Gasteiger partial charge in [0.05, 0.1) is 6.04 Å². The van der Waals surface area contributed by atoms with Crippen molar-refractivity contribution in [3.63, 3.8) is 0 Å². The molecule has 2 heterocycles. The average molecular weight is 394 g/mol. The van der Waals surface area contributed by atoms with Crippen LogP contribution in [0, 0.1) is 11.8 Å². The van der Waals surface area contributed by atoms with E-state index in [0.717, 1.165) is 63.6 Å². The summed E-state index contributed by atoms with van der Waals surface area (Å²) in [6.07, 6.45) is 9.51. The lowest BCUT2D eigenvalue weighted by atomic mass is 9.94. The Kier molecular flexibility index (Phi) is 6.64.